The number of piperazine rings is 1. The van der Waals surface area contributed by atoms with Crippen molar-refractivity contribution in [3.05, 3.63) is 59.7 Å². The lowest BCUT2D eigenvalue weighted by molar-refractivity contribution is 0.102. The molecule has 0 atom stereocenters. The molecule has 0 aromatic heterocycles. The van der Waals surface area contributed by atoms with Gasteiger partial charge >= 0.3 is 0 Å². The second kappa shape index (κ2) is 7.47. The van der Waals surface area contributed by atoms with E-state index in [-0.39, 0.29) is 5.91 Å². The number of rotatable bonds is 4. The summed E-state index contributed by atoms with van der Waals surface area (Å²) in [7, 11) is -3.14. The fourth-order valence-electron chi connectivity index (χ4n) is 3.08. The topological polar surface area (TPSA) is 69.7 Å². The molecule has 1 N–H and O–H groups in total. The molecule has 138 valence electrons. The van der Waals surface area contributed by atoms with Gasteiger partial charge in [-0.05, 0) is 36.8 Å². The van der Waals surface area contributed by atoms with E-state index in [2.05, 4.69) is 10.2 Å². The monoisotopic (exact) mass is 373 g/mol. The van der Waals surface area contributed by atoms with Crippen molar-refractivity contribution >= 4 is 27.3 Å². The van der Waals surface area contributed by atoms with Crippen LogP contribution >= 0.6 is 0 Å². The summed E-state index contributed by atoms with van der Waals surface area (Å²) in [6.07, 6.45) is 1.24. The van der Waals surface area contributed by atoms with Gasteiger partial charge in [0.2, 0.25) is 10.0 Å². The zero-order chi connectivity index (χ0) is 18.7. The molecular weight excluding hydrogens is 350 g/mol. The summed E-state index contributed by atoms with van der Waals surface area (Å²) in [4.78, 5) is 14.6. The van der Waals surface area contributed by atoms with Crippen molar-refractivity contribution in [3.8, 4) is 0 Å². The van der Waals surface area contributed by atoms with E-state index in [1.54, 1.807) is 6.07 Å². The Morgan fingerprint density at radius 1 is 1.00 bits per heavy atom. The second-order valence-corrected chi connectivity index (χ2v) is 8.45. The van der Waals surface area contributed by atoms with E-state index in [1.807, 2.05) is 49.4 Å². The fourth-order valence-corrected chi connectivity index (χ4v) is 3.91. The Morgan fingerprint density at radius 3 is 2.35 bits per heavy atom. The van der Waals surface area contributed by atoms with Crippen LogP contribution in [0, 0.1) is 6.92 Å². The van der Waals surface area contributed by atoms with E-state index in [9.17, 15) is 13.2 Å². The van der Waals surface area contributed by atoms with Crippen LogP contribution in [0.1, 0.15) is 15.9 Å². The first-order valence-corrected chi connectivity index (χ1v) is 10.4. The molecule has 0 unspecified atom stereocenters. The number of carbonyl (C=O) groups excluding carboxylic acids is 1. The average Bonchev–Trinajstić information content (AvgIpc) is 2.61. The van der Waals surface area contributed by atoms with Gasteiger partial charge < -0.3 is 10.2 Å². The minimum Gasteiger partial charge on any atom is -0.369 e. The molecule has 2 aromatic rings. The predicted octanol–water partition coefficient (Wildman–Crippen LogP) is 2.33. The van der Waals surface area contributed by atoms with Crippen LogP contribution < -0.4 is 10.2 Å². The van der Waals surface area contributed by atoms with Gasteiger partial charge in [-0.15, -0.1) is 0 Å². The van der Waals surface area contributed by atoms with Crippen LogP contribution in [0.4, 0.5) is 11.4 Å². The Morgan fingerprint density at radius 2 is 1.69 bits per heavy atom. The van der Waals surface area contributed by atoms with Crippen LogP contribution in [0.15, 0.2) is 48.5 Å². The van der Waals surface area contributed by atoms with E-state index in [0.717, 1.165) is 16.9 Å². The highest BCUT2D eigenvalue weighted by Gasteiger charge is 2.23. The van der Waals surface area contributed by atoms with E-state index in [4.69, 9.17) is 0 Å². The van der Waals surface area contributed by atoms with Crippen LogP contribution in [-0.2, 0) is 10.0 Å². The predicted molar refractivity (Wildman–Crippen MR) is 104 cm³/mol. The average molecular weight is 373 g/mol. The zero-order valence-corrected chi connectivity index (χ0v) is 15.8. The number of sulfonamides is 1. The lowest BCUT2D eigenvalue weighted by Crippen LogP contribution is -2.48. The number of benzene rings is 2. The van der Waals surface area contributed by atoms with Gasteiger partial charge in [0.25, 0.3) is 5.91 Å². The van der Waals surface area contributed by atoms with Crippen LogP contribution in [0.3, 0.4) is 0 Å². The minimum absolute atomic E-state index is 0.137. The third kappa shape index (κ3) is 4.23. The fraction of sp³-hybridized carbons (Fsp3) is 0.316. The molecule has 3 rings (SSSR count). The largest absolute Gasteiger partial charge is 0.369 e. The van der Waals surface area contributed by atoms with Gasteiger partial charge in [0.1, 0.15) is 0 Å². The molecule has 0 aliphatic carbocycles. The number of nitrogens with one attached hydrogen (secondary N) is 1. The molecule has 7 heteroatoms. The molecule has 1 heterocycles. The van der Waals surface area contributed by atoms with Crippen molar-refractivity contribution in [2.45, 2.75) is 6.92 Å². The third-order valence-electron chi connectivity index (χ3n) is 4.57. The van der Waals surface area contributed by atoms with Gasteiger partial charge in [-0.25, -0.2) is 8.42 Å². The van der Waals surface area contributed by atoms with Gasteiger partial charge in [0.05, 0.1) is 6.26 Å². The van der Waals surface area contributed by atoms with Gasteiger partial charge in [-0.3, -0.25) is 4.79 Å². The third-order valence-corrected chi connectivity index (χ3v) is 5.87. The van der Waals surface area contributed by atoms with Crippen molar-refractivity contribution in [1.82, 2.24) is 4.31 Å². The first-order chi connectivity index (χ1) is 12.3. The zero-order valence-electron chi connectivity index (χ0n) is 15.0. The summed E-state index contributed by atoms with van der Waals surface area (Å²) in [5, 5.41) is 2.94. The highest BCUT2D eigenvalue weighted by molar-refractivity contribution is 7.88. The van der Waals surface area contributed by atoms with E-state index < -0.39 is 10.0 Å². The second-order valence-electron chi connectivity index (χ2n) is 6.47. The van der Waals surface area contributed by atoms with Crippen LogP contribution in [0.25, 0.3) is 0 Å². The Balaban J connectivity index is 1.69. The Labute approximate surface area is 154 Å². The first-order valence-electron chi connectivity index (χ1n) is 8.52. The molecular formula is C19H23N3O3S. The van der Waals surface area contributed by atoms with Crippen molar-refractivity contribution < 1.29 is 13.2 Å². The Kier molecular flexibility index (Phi) is 5.29. The number of hydrogen-bond acceptors (Lipinski definition) is 4. The summed E-state index contributed by atoms with van der Waals surface area (Å²) >= 11 is 0. The van der Waals surface area contributed by atoms with E-state index in [1.165, 1.54) is 10.6 Å². The number of nitrogens with zero attached hydrogens (tertiary/aromatic N) is 2. The maximum atomic E-state index is 12.5. The maximum Gasteiger partial charge on any atom is 0.255 e. The lowest BCUT2D eigenvalue weighted by atomic mass is 10.1. The highest BCUT2D eigenvalue weighted by Crippen LogP contribution is 2.22. The normalized spacial score (nSPS) is 15.7. The van der Waals surface area contributed by atoms with E-state index in [0.29, 0.717) is 31.7 Å². The quantitative estimate of drug-likeness (QED) is 0.893. The summed E-state index contributed by atoms with van der Waals surface area (Å²) in [5.41, 5.74) is 3.28. The minimum atomic E-state index is -3.14. The smallest absolute Gasteiger partial charge is 0.255 e. The SMILES string of the molecule is Cc1ccccc1C(=O)Nc1cccc(N2CCN(S(C)(=O)=O)CC2)c1. The highest BCUT2D eigenvalue weighted by atomic mass is 32.2. The lowest BCUT2D eigenvalue weighted by Gasteiger charge is -2.34. The summed E-state index contributed by atoms with van der Waals surface area (Å²) < 4.78 is 24.7. The molecule has 6 nitrogen and oxygen atoms in total. The van der Waals surface area contributed by atoms with Crippen molar-refractivity contribution in [3.63, 3.8) is 0 Å². The van der Waals surface area contributed by atoms with Gasteiger partial charge in [0.15, 0.2) is 0 Å². The Hall–Kier alpha value is -2.38. The molecule has 1 saturated heterocycles. The van der Waals surface area contributed by atoms with E-state index >= 15 is 0 Å². The summed E-state index contributed by atoms with van der Waals surface area (Å²) in [6, 6.07) is 15.1. The molecule has 1 amide bonds. The van der Waals surface area contributed by atoms with Gasteiger partial charge in [-0.1, -0.05) is 24.3 Å². The molecule has 0 radical (unpaired) electrons. The van der Waals surface area contributed by atoms with Crippen molar-refractivity contribution in [2.24, 2.45) is 0 Å². The molecule has 0 saturated carbocycles. The summed E-state index contributed by atoms with van der Waals surface area (Å²) in [5.74, 6) is -0.137. The van der Waals surface area contributed by atoms with Gasteiger partial charge in [0, 0.05) is 43.1 Å². The van der Waals surface area contributed by atoms with Gasteiger partial charge in [-0.2, -0.15) is 4.31 Å². The first kappa shape index (κ1) is 18.4. The molecule has 2 aromatic carbocycles. The number of hydrogen-bond donors (Lipinski definition) is 1. The number of anilines is 2. The maximum absolute atomic E-state index is 12.5. The standard InChI is InChI=1S/C19H23N3O3S/c1-15-6-3-4-9-18(15)19(23)20-16-7-5-8-17(14-16)21-10-12-22(13-11-21)26(2,24)25/h3-9,14H,10-13H2,1-2H3,(H,20,23). The summed E-state index contributed by atoms with van der Waals surface area (Å²) in [6.45, 7) is 4.11. The number of carbonyl (C=O) groups is 1. The Bertz CT molecular complexity index is 904. The van der Waals surface area contributed by atoms with Crippen LogP contribution in [-0.4, -0.2) is 51.1 Å². The van der Waals surface area contributed by atoms with Crippen molar-refractivity contribution in [1.29, 1.82) is 0 Å². The molecule has 1 aliphatic heterocycles. The van der Waals surface area contributed by atoms with Crippen LogP contribution in [0.5, 0.6) is 0 Å². The molecule has 1 fully saturated rings. The number of aryl methyl sites for hydroxylation is 1. The molecule has 26 heavy (non-hydrogen) atoms. The number of amides is 1. The molecule has 1 aliphatic rings. The molecule has 0 bridgehead atoms. The molecule has 0 spiro atoms. The van der Waals surface area contributed by atoms with Crippen molar-refractivity contribution in [2.75, 3.05) is 42.7 Å². The van der Waals surface area contributed by atoms with Crippen LogP contribution in [0.2, 0.25) is 0 Å².